The Labute approximate surface area is 170 Å². The molecule has 11 heteroatoms. The first-order valence-electron chi connectivity index (χ1n) is 9.27. The number of alkyl halides is 3. The van der Waals surface area contributed by atoms with E-state index in [4.69, 9.17) is 4.74 Å². The molecule has 3 N–H and O–H groups in total. The van der Waals surface area contributed by atoms with Crippen LogP contribution >= 0.6 is 11.3 Å². The minimum atomic E-state index is -4.28. The van der Waals surface area contributed by atoms with E-state index in [1.54, 1.807) is 20.8 Å². The standard InChI is InChI=1S/C18H24F3N5O2S/c1-17(2,3)28-16(27)26-13-8-22-5-4-12(13)25-14-11-6-10(7-18(19,20)21)29-15(11)24-9-23-14/h6,9,12-13,22H,4-5,7-8H2,1-3H3,(H,26,27)(H,23,24,25)/t12-,13-/m0/s1. The number of nitrogens with one attached hydrogen (secondary N) is 3. The van der Waals surface area contributed by atoms with Gasteiger partial charge >= 0.3 is 12.3 Å². The first kappa shape index (κ1) is 21.6. The molecule has 0 bridgehead atoms. The minimum absolute atomic E-state index is 0.159. The maximum atomic E-state index is 12.7. The molecular weight excluding hydrogens is 407 g/mol. The molecule has 2 atom stereocenters. The van der Waals surface area contributed by atoms with Gasteiger partial charge in [0, 0.05) is 11.4 Å². The number of hydrogen-bond acceptors (Lipinski definition) is 7. The number of amides is 1. The number of anilines is 1. The topological polar surface area (TPSA) is 88.2 Å². The van der Waals surface area contributed by atoms with E-state index < -0.39 is 24.3 Å². The fourth-order valence-electron chi connectivity index (χ4n) is 3.12. The Kier molecular flexibility index (Phi) is 6.18. The molecule has 0 spiro atoms. The second-order valence-corrected chi connectivity index (χ2v) is 9.06. The highest BCUT2D eigenvalue weighted by Gasteiger charge is 2.31. The molecule has 0 radical (unpaired) electrons. The maximum absolute atomic E-state index is 12.7. The second-order valence-electron chi connectivity index (χ2n) is 7.94. The van der Waals surface area contributed by atoms with E-state index in [0.717, 1.165) is 17.9 Å². The molecule has 0 saturated carbocycles. The molecule has 160 valence electrons. The maximum Gasteiger partial charge on any atom is 0.407 e. The molecule has 0 aliphatic carbocycles. The summed E-state index contributed by atoms with van der Waals surface area (Å²) in [4.78, 5) is 21.1. The van der Waals surface area contributed by atoms with Crippen LogP contribution in [0.3, 0.4) is 0 Å². The molecule has 1 aliphatic rings. The van der Waals surface area contributed by atoms with Crippen LogP contribution in [0.4, 0.5) is 23.8 Å². The van der Waals surface area contributed by atoms with Gasteiger partial charge in [0.05, 0.1) is 23.9 Å². The highest BCUT2D eigenvalue weighted by Crippen LogP contribution is 2.33. The van der Waals surface area contributed by atoms with Crippen molar-refractivity contribution in [2.75, 3.05) is 18.4 Å². The van der Waals surface area contributed by atoms with Gasteiger partial charge in [0.1, 0.15) is 22.6 Å². The summed E-state index contributed by atoms with van der Waals surface area (Å²) in [6, 6.07) is 1.05. The van der Waals surface area contributed by atoms with Gasteiger partial charge in [-0.15, -0.1) is 11.3 Å². The quantitative estimate of drug-likeness (QED) is 0.687. The zero-order chi connectivity index (χ0) is 21.2. The van der Waals surface area contributed by atoms with Crippen LogP contribution in [0.25, 0.3) is 10.2 Å². The zero-order valence-electron chi connectivity index (χ0n) is 16.4. The SMILES string of the molecule is CC(C)(C)OC(=O)N[C@H]1CNCC[C@@H]1Nc1ncnc2sc(CC(F)(F)F)cc12. The van der Waals surface area contributed by atoms with Gasteiger partial charge in [0.15, 0.2) is 0 Å². The fraction of sp³-hybridized carbons (Fsp3) is 0.611. The first-order chi connectivity index (χ1) is 13.5. The lowest BCUT2D eigenvalue weighted by Crippen LogP contribution is -2.57. The number of ether oxygens (including phenoxy) is 1. The highest BCUT2D eigenvalue weighted by molar-refractivity contribution is 7.18. The molecule has 7 nitrogen and oxygen atoms in total. The Morgan fingerprint density at radius 1 is 1.31 bits per heavy atom. The Hall–Kier alpha value is -2.14. The van der Waals surface area contributed by atoms with Crippen molar-refractivity contribution < 1.29 is 22.7 Å². The van der Waals surface area contributed by atoms with Crippen LogP contribution in [0.1, 0.15) is 32.1 Å². The number of hydrogen-bond donors (Lipinski definition) is 3. The van der Waals surface area contributed by atoms with Gasteiger partial charge in [-0.1, -0.05) is 0 Å². The summed E-state index contributed by atoms with van der Waals surface area (Å²) in [6.45, 7) is 6.63. The van der Waals surface area contributed by atoms with Gasteiger partial charge in [-0.05, 0) is 39.8 Å². The van der Waals surface area contributed by atoms with Crippen LogP contribution < -0.4 is 16.0 Å². The summed E-state index contributed by atoms with van der Waals surface area (Å²) in [7, 11) is 0. The third kappa shape index (κ3) is 6.17. The largest absolute Gasteiger partial charge is 0.444 e. The molecular formula is C18H24F3N5O2S. The van der Waals surface area contributed by atoms with Crippen LogP contribution in [0.15, 0.2) is 12.4 Å². The highest BCUT2D eigenvalue weighted by atomic mass is 32.1. The Bertz CT molecular complexity index is 865. The smallest absolute Gasteiger partial charge is 0.407 e. The Morgan fingerprint density at radius 2 is 2.07 bits per heavy atom. The van der Waals surface area contributed by atoms with E-state index in [9.17, 15) is 18.0 Å². The van der Waals surface area contributed by atoms with E-state index in [2.05, 4.69) is 25.9 Å². The second kappa shape index (κ2) is 8.31. The van der Waals surface area contributed by atoms with Crippen molar-refractivity contribution in [1.29, 1.82) is 0 Å². The van der Waals surface area contributed by atoms with Crippen molar-refractivity contribution in [2.45, 2.75) is 57.5 Å². The summed E-state index contributed by atoms with van der Waals surface area (Å²) in [5.74, 6) is 0.461. The van der Waals surface area contributed by atoms with Crippen molar-refractivity contribution >= 4 is 33.5 Å². The molecule has 2 aromatic rings. The summed E-state index contributed by atoms with van der Waals surface area (Å²) < 4.78 is 43.5. The molecule has 1 fully saturated rings. The van der Waals surface area contributed by atoms with Crippen LogP contribution in [0.2, 0.25) is 0 Å². The van der Waals surface area contributed by atoms with E-state index in [-0.39, 0.29) is 17.0 Å². The summed E-state index contributed by atoms with van der Waals surface area (Å²) in [5, 5.41) is 9.90. The van der Waals surface area contributed by atoms with Gasteiger partial charge in [0.25, 0.3) is 0 Å². The minimum Gasteiger partial charge on any atom is -0.444 e. The average molecular weight is 431 g/mol. The molecule has 0 aromatic carbocycles. The Morgan fingerprint density at radius 3 is 2.76 bits per heavy atom. The van der Waals surface area contributed by atoms with Crippen molar-refractivity contribution in [3.8, 4) is 0 Å². The van der Waals surface area contributed by atoms with Gasteiger partial charge < -0.3 is 20.7 Å². The summed E-state index contributed by atoms with van der Waals surface area (Å²) >= 11 is 1.00. The molecule has 1 aliphatic heterocycles. The number of aromatic nitrogens is 2. The number of carbonyl (C=O) groups excluding carboxylic acids is 1. The van der Waals surface area contributed by atoms with Gasteiger partial charge in [-0.3, -0.25) is 0 Å². The van der Waals surface area contributed by atoms with Gasteiger partial charge in [-0.25, -0.2) is 14.8 Å². The van der Waals surface area contributed by atoms with E-state index in [0.29, 0.717) is 29.0 Å². The number of piperidine rings is 1. The van der Waals surface area contributed by atoms with E-state index in [1.807, 2.05) is 0 Å². The number of halogens is 3. The fourth-order valence-corrected chi connectivity index (χ4v) is 4.15. The molecule has 1 amide bonds. The number of carbonyl (C=O) groups is 1. The summed E-state index contributed by atoms with van der Waals surface area (Å²) in [6.07, 6.45) is -3.77. The zero-order valence-corrected chi connectivity index (χ0v) is 17.2. The lowest BCUT2D eigenvalue weighted by atomic mass is 10.0. The lowest BCUT2D eigenvalue weighted by Gasteiger charge is -2.34. The van der Waals surface area contributed by atoms with E-state index in [1.165, 1.54) is 12.4 Å². The van der Waals surface area contributed by atoms with E-state index >= 15 is 0 Å². The van der Waals surface area contributed by atoms with Gasteiger partial charge in [0.2, 0.25) is 0 Å². The lowest BCUT2D eigenvalue weighted by molar-refractivity contribution is -0.126. The predicted molar refractivity (Wildman–Crippen MR) is 105 cm³/mol. The number of thiophene rings is 1. The normalized spacial score (nSPS) is 20.5. The van der Waals surface area contributed by atoms with Crippen LogP contribution in [0, 0.1) is 0 Å². The molecule has 3 rings (SSSR count). The predicted octanol–water partition coefficient (Wildman–Crippen LogP) is 3.46. The Balaban J connectivity index is 1.76. The van der Waals surface area contributed by atoms with Crippen molar-refractivity contribution in [3.63, 3.8) is 0 Å². The van der Waals surface area contributed by atoms with Crippen molar-refractivity contribution in [2.24, 2.45) is 0 Å². The number of nitrogens with zero attached hydrogens (tertiary/aromatic N) is 2. The molecule has 3 heterocycles. The molecule has 29 heavy (non-hydrogen) atoms. The third-order valence-corrected chi connectivity index (χ3v) is 5.30. The van der Waals surface area contributed by atoms with Crippen molar-refractivity contribution in [3.05, 3.63) is 17.3 Å². The number of fused-ring (bicyclic) bond motifs is 1. The van der Waals surface area contributed by atoms with Gasteiger partial charge in [-0.2, -0.15) is 13.2 Å². The van der Waals surface area contributed by atoms with Crippen molar-refractivity contribution in [1.82, 2.24) is 20.6 Å². The molecule has 1 saturated heterocycles. The molecule has 0 unspecified atom stereocenters. The van der Waals surface area contributed by atoms with Crippen LogP contribution in [-0.2, 0) is 11.2 Å². The first-order valence-corrected chi connectivity index (χ1v) is 10.1. The number of alkyl carbamates (subject to hydrolysis) is 1. The van der Waals surface area contributed by atoms with Crippen LogP contribution in [-0.4, -0.2) is 53.0 Å². The summed E-state index contributed by atoms with van der Waals surface area (Å²) in [5.41, 5.74) is -0.612. The average Bonchev–Trinajstić information content (AvgIpc) is 2.96. The third-order valence-electron chi connectivity index (χ3n) is 4.26. The van der Waals surface area contributed by atoms with Crippen LogP contribution in [0.5, 0.6) is 0 Å². The monoisotopic (exact) mass is 431 g/mol. The molecule has 2 aromatic heterocycles. The number of rotatable bonds is 4.